The van der Waals surface area contributed by atoms with Crippen molar-refractivity contribution in [2.24, 2.45) is 5.16 Å². The largest absolute Gasteiger partial charge is 0.464 e. The molecule has 0 unspecified atom stereocenters. The van der Waals surface area contributed by atoms with E-state index in [1.54, 1.807) is 6.92 Å². The van der Waals surface area contributed by atoms with E-state index in [1.807, 2.05) is 0 Å². The molecule has 0 rings (SSSR count). The number of oxime groups is 1. The Morgan fingerprint density at radius 3 is 2.73 bits per heavy atom. The smallest absolute Gasteiger partial charge is 0.371 e. The number of carbonyl (C=O) groups excluding carboxylic acids is 1. The van der Waals surface area contributed by atoms with Crippen molar-refractivity contribution in [3.63, 3.8) is 0 Å². The normalized spacial score (nSPS) is 10.1. The van der Waals surface area contributed by atoms with Crippen molar-refractivity contribution in [2.45, 2.75) is 6.92 Å². The molecule has 60 valence electrons. The lowest BCUT2D eigenvalue weighted by molar-refractivity contribution is -0.132. The standard InChI is InChI=1S/C6H8N2O3/c1-3-11-8-5(4-7)6(9)10-2/h3H2,1-2H3/b8-5+. The highest BCUT2D eigenvalue weighted by atomic mass is 16.6. The summed E-state index contributed by atoms with van der Waals surface area (Å²) in [5, 5.41) is 11.5. The second-order valence-electron chi connectivity index (χ2n) is 1.46. The Morgan fingerprint density at radius 1 is 1.73 bits per heavy atom. The molecule has 0 fully saturated rings. The van der Waals surface area contributed by atoms with Gasteiger partial charge in [0.05, 0.1) is 7.11 Å². The summed E-state index contributed by atoms with van der Waals surface area (Å²) in [6.45, 7) is 2.00. The van der Waals surface area contributed by atoms with Gasteiger partial charge in [-0.15, -0.1) is 0 Å². The third-order valence-electron chi connectivity index (χ3n) is 0.770. The minimum atomic E-state index is -0.791. The van der Waals surface area contributed by atoms with Crippen LogP contribution in [0.15, 0.2) is 5.16 Å². The number of nitrogens with zero attached hydrogens (tertiary/aromatic N) is 2. The van der Waals surface area contributed by atoms with E-state index in [4.69, 9.17) is 5.26 Å². The van der Waals surface area contributed by atoms with Gasteiger partial charge in [0.15, 0.2) is 0 Å². The van der Waals surface area contributed by atoms with Gasteiger partial charge in [-0.25, -0.2) is 4.79 Å². The highest BCUT2D eigenvalue weighted by molar-refractivity contribution is 6.42. The summed E-state index contributed by atoms with van der Waals surface area (Å²) in [5.41, 5.74) is -0.380. The van der Waals surface area contributed by atoms with Gasteiger partial charge in [-0.3, -0.25) is 0 Å². The summed E-state index contributed by atoms with van der Waals surface area (Å²) in [5.74, 6) is -0.791. The summed E-state index contributed by atoms with van der Waals surface area (Å²) < 4.78 is 4.23. The minimum absolute atomic E-state index is 0.308. The van der Waals surface area contributed by atoms with E-state index in [0.717, 1.165) is 0 Å². The Labute approximate surface area is 64.2 Å². The molecule has 0 aromatic heterocycles. The van der Waals surface area contributed by atoms with Gasteiger partial charge in [0.1, 0.15) is 12.7 Å². The highest BCUT2D eigenvalue weighted by Gasteiger charge is 2.10. The Kier molecular flexibility index (Phi) is 4.49. The van der Waals surface area contributed by atoms with Gasteiger partial charge in [-0.2, -0.15) is 5.26 Å². The minimum Gasteiger partial charge on any atom is -0.464 e. The fraction of sp³-hybridized carbons (Fsp3) is 0.500. The number of esters is 1. The SMILES string of the molecule is CCO/N=C(\C#N)C(=O)OC. The first-order valence-corrected chi connectivity index (χ1v) is 2.94. The molecule has 0 amide bonds. The fourth-order valence-electron chi connectivity index (χ4n) is 0.329. The second kappa shape index (κ2) is 5.23. The molecular weight excluding hydrogens is 148 g/mol. The molecule has 0 N–H and O–H groups in total. The molecule has 0 aliphatic heterocycles. The number of rotatable bonds is 3. The lowest BCUT2D eigenvalue weighted by Gasteiger charge is -1.94. The summed E-state index contributed by atoms with van der Waals surface area (Å²) >= 11 is 0. The number of hydrogen-bond acceptors (Lipinski definition) is 5. The van der Waals surface area contributed by atoms with Crippen molar-refractivity contribution in [1.82, 2.24) is 0 Å². The molecule has 0 aliphatic rings. The second-order valence-corrected chi connectivity index (χ2v) is 1.46. The number of hydrogen-bond donors (Lipinski definition) is 0. The third kappa shape index (κ3) is 3.20. The van der Waals surface area contributed by atoms with Crippen LogP contribution in [0.1, 0.15) is 6.92 Å². The number of ether oxygens (including phenoxy) is 1. The third-order valence-corrected chi connectivity index (χ3v) is 0.770. The summed E-state index contributed by atoms with van der Waals surface area (Å²) in [6.07, 6.45) is 0. The molecule has 0 atom stereocenters. The van der Waals surface area contributed by atoms with Crippen molar-refractivity contribution in [3.05, 3.63) is 0 Å². The first kappa shape index (κ1) is 9.43. The van der Waals surface area contributed by atoms with E-state index in [2.05, 4.69) is 14.7 Å². The molecule has 0 spiro atoms. The zero-order valence-electron chi connectivity index (χ0n) is 6.33. The summed E-state index contributed by atoms with van der Waals surface area (Å²) in [7, 11) is 1.17. The number of carbonyl (C=O) groups is 1. The molecule has 5 nitrogen and oxygen atoms in total. The monoisotopic (exact) mass is 156 g/mol. The average Bonchev–Trinajstić information content (AvgIpc) is 2.05. The molecule has 0 aliphatic carbocycles. The van der Waals surface area contributed by atoms with E-state index in [0.29, 0.717) is 6.61 Å². The van der Waals surface area contributed by atoms with Crippen LogP contribution in [0, 0.1) is 11.3 Å². The number of methoxy groups -OCH3 is 1. The van der Waals surface area contributed by atoms with Gasteiger partial charge in [0, 0.05) is 0 Å². The lowest BCUT2D eigenvalue weighted by atomic mass is 10.4. The molecular formula is C6H8N2O3. The van der Waals surface area contributed by atoms with Crippen LogP contribution in [0.3, 0.4) is 0 Å². The average molecular weight is 156 g/mol. The molecule has 0 saturated heterocycles. The van der Waals surface area contributed by atoms with Crippen LogP contribution in [-0.2, 0) is 14.4 Å². The summed E-state index contributed by atoms with van der Waals surface area (Å²) in [4.78, 5) is 15.1. The van der Waals surface area contributed by atoms with E-state index < -0.39 is 5.97 Å². The van der Waals surface area contributed by atoms with Crippen LogP contribution in [-0.4, -0.2) is 25.4 Å². The molecule has 0 heterocycles. The Bertz CT molecular complexity index is 204. The zero-order chi connectivity index (χ0) is 8.69. The Hall–Kier alpha value is -1.57. The van der Waals surface area contributed by atoms with E-state index >= 15 is 0 Å². The Morgan fingerprint density at radius 2 is 2.36 bits per heavy atom. The van der Waals surface area contributed by atoms with E-state index in [1.165, 1.54) is 13.2 Å². The lowest BCUT2D eigenvalue weighted by Crippen LogP contribution is -2.13. The first-order valence-electron chi connectivity index (χ1n) is 2.94. The maximum Gasteiger partial charge on any atom is 0.371 e. The molecule has 0 bridgehead atoms. The molecule has 5 heteroatoms. The van der Waals surface area contributed by atoms with Crippen LogP contribution >= 0.6 is 0 Å². The van der Waals surface area contributed by atoms with Gasteiger partial charge in [-0.05, 0) is 6.92 Å². The van der Waals surface area contributed by atoms with Gasteiger partial charge in [-0.1, -0.05) is 5.16 Å². The predicted octanol–water partition coefficient (Wildman–Crippen LogP) is 0.0755. The highest BCUT2D eigenvalue weighted by Crippen LogP contribution is 1.83. The van der Waals surface area contributed by atoms with Crippen LogP contribution in [0.5, 0.6) is 0 Å². The van der Waals surface area contributed by atoms with Crippen molar-refractivity contribution in [2.75, 3.05) is 13.7 Å². The van der Waals surface area contributed by atoms with Crippen molar-refractivity contribution < 1.29 is 14.4 Å². The van der Waals surface area contributed by atoms with Crippen LogP contribution in [0.4, 0.5) is 0 Å². The maximum absolute atomic E-state index is 10.6. The van der Waals surface area contributed by atoms with Crippen molar-refractivity contribution in [3.8, 4) is 6.07 Å². The zero-order valence-corrected chi connectivity index (χ0v) is 6.33. The topological polar surface area (TPSA) is 71.7 Å². The maximum atomic E-state index is 10.6. The molecule has 11 heavy (non-hydrogen) atoms. The van der Waals surface area contributed by atoms with Gasteiger partial charge in [0.25, 0.3) is 5.71 Å². The van der Waals surface area contributed by atoms with Crippen LogP contribution in [0.25, 0.3) is 0 Å². The number of nitriles is 1. The van der Waals surface area contributed by atoms with Crippen LogP contribution in [0.2, 0.25) is 0 Å². The quantitative estimate of drug-likeness (QED) is 0.329. The first-order chi connectivity index (χ1) is 5.26. The van der Waals surface area contributed by atoms with Crippen molar-refractivity contribution >= 4 is 11.7 Å². The molecule has 0 radical (unpaired) electrons. The van der Waals surface area contributed by atoms with Gasteiger partial charge < -0.3 is 9.57 Å². The van der Waals surface area contributed by atoms with E-state index in [-0.39, 0.29) is 5.71 Å². The molecule has 0 aromatic carbocycles. The van der Waals surface area contributed by atoms with Crippen LogP contribution < -0.4 is 0 Å². The summed E-state index contributed by atoms with van der Waals surface area (Å²) in [6, 6.07) is 1.54. The predicted molar refractivity (Wildman–Crippen MR) is 36.7 cm³/mol. The molecule has 0 aromatic rings. The molecule has 0 saturated carbocycles. The van der Waals surface area contributed by atoms with Crippen molar-refractivity contribution in [1.29, 1.82) is 5.26 Å². The van der Waals surface area contributed by atoms with Gasteiger partial charge >= 0.3 is 5.97 Å². The van der Waals surface area contributed by atoms with E-state index in [9.17, 15) is 4.79 Å². The van der Waals surface area contributed by atoms with Gasteiger partial charge in [0.2, 0.25) is 0 Å². The fourth-order valence-corrected chi connectivity index (χ4v) is 0.329. The Balaban J connectivity index is 4.18.